The number of nitrogens with one attached hydrogen (secondary N) is 1. The predicted octanol–water partition coefficient (Wildman–Crippen LogP) is 4.31. The molecule has 0 saturated carbocycles. The lowest BCUT2D eigenvalue weighted by atomic mass is 10.3. The minimum Gasteiger partial charge on any atom is -0.504 e. The SMILES string of the molecule is CCOC=Nc1cc(O)c(NCOCC)nc1N=Nc1snc2ncccc12. The normalized spacial score (nSPS) is 11.6. The number of pyridine rings is 2. The fraction of sp³-hybridized carbons (Fsp3) is 0.294. The molecule has 3 heterocycles. The second-order valence-corrected chi connectivity index (χ2v) is 6.02. The van der Waals surface area contributed by atoms with Gasteiger partial charge in [0.1, 0.15) is 12.4 Å². The lowest BCUT2D eigenvalue weighted by Gasteiger charge is -2.09. The van der Waals surface area contributed by atoms with Crippen molar-refractivity contribution < 1.29 is 14.6 Å². The molecule has 0 saturated heterocycles. The molecule has 28 heavy (non-hydrogen) atoms. The summed E-state index contributed by atoms with van der Waals surface area (Å²) in [5, 5.41) is 22.9. The van der Waals surface area contributed by atoms with E-state index in [9.17, 15) is 5.11 Å². The van der Waals surface area contributed by atoms with E-state index in [-0.39, 0.29) is 24.1 Å². The van der Waals surface area contributed by atoms with Gasteiger partial charge in [-0.15, -0.1) is 10.2 Å². The average Bonchev–Trinajstić information content (AvgIpc) is 3.12. The Hall–Kier alpha value is -3.18. The van der Waals surface area contributed by atoms with Crippen molar-refractivity contribution in [2.45, 2.75) is 13.8 Å². The molecule has 0 atom stereocenters. The van der Waals surface area contributed by atoms with Crippen LogP contribution in [-0.2, 0) is 9.47 Å². The number of ether oxygens (including phenoxy) is 2. The average molecular weight is 401 g/mol. The Balaban J connectivity index is 1.94. The van der Waals surface area contributed by atoms with Crippen LogP contribution in [0.2, 0.25) is 0 Å². The number of rotatable bonds is 9. The molecule has 3 rings (SSSR count). The smallest absolute Gasteiger partial charge is 0.202 e. The second kappa shape index (κ2) is 9.67. The molecule has 0 unspecified atom stereocenters. The van der Waals surface area contributed by atoms with Gasteiger partial charge in [0.25, 0.3) is 0 Å². The Morgan fingerprint density at radius 3 is 3.00 bits per heavy atom. The first-order valence-electron chi connectivity index (χ1n) is 8.54. The molecule has 0 aliphatic rings. The van der Waals surface area contributed by atoms with Gasteiger partial charge in [-0.25, -0.2) is 15.0 Å². The summed E-state index contributed by atoms with van der Waals surface area (Å²) in [6.07, 6.45) is 2.94. The summed E-state index contributed by atoms with van der Waals surface area (Å²) in [7, 11) is 0. The number of anilines is 1. The van der Waals surface area contributed by atoms with Crippen LogP contribution in [0.4, 0.5) is 22.3 Å². The molecule has 0 aliphatic heterocycles. The summed E-state index contributed by atoms with van der Waals surface area (Å²) in [6.45, 7) is 4.90. The van der Waals surface area contributed by atoms with Crippen molar-refractivity contribution in [2.75, 3.05) is 25.3 Å². The first-order valence-corrected chi connectivity index (χ1v) is 9.32. The third kappa shape index (κ3) is 4.75. The highest BCUT2D eigenvalue weighted by atomic mass is 32.1. The number of azo groups is 1. The van der Waals surface area contributed by atoms with Gasteiger partial charge in [0.05, 0.1) is 12.0 Å². The fourth-order valence-corrected chi connectivity index (χ4v) is 2.76. The first-order chi connectivity index (χ1) is 13.7. The Morgan fingerprint density at radius 2 is 2.18 bits per heavy atom. The van der Waals surface area contributed by atoms with Crippen LogP contribution in [0.1, 0.15) is 13.8 Å². The number of hydrogen-bond donors (Lipinski definition) is 2. The van der Waals surface area contributed by atoms with Crippen LogP contribution in [0.25, 0.3) is 11.0 Å². The van der Waals surface area contributed by atoms with Crippen LogP contribution in [0.3, 0.4) is 0 Å². The maximum Gasteiger partial charge on any atom is 0.202 e. The highest BCUT2D eigenvalue weighted by Crippen LogP contribution is 2.36. The predicted molar refractivity (Wildman–Crippen MR) is 107 cm³/mol. The maximum atomic E-state index is 10.2. The topological polar surface area (TPSA) is 126 Å². The molecule has 2 N–H and O–H groups in total. The quantitative estimate of drug-likeness (QED) is 0.180. The number of aliphatic imine (C=N–C) groups is 1. The largest absolute Gasteiger partial charge is 0.504 e. The van der Waals surface area contributed by atoms with E-state index in [0.29, 0.717) is 29.5 Å². The molecule has 0 spiro atoms. The van der Waals surface area contributed by atoms with Gasteiger partial charge in [0.2, 0.25) is 5.82 Å². The van der Waals surface area contributed by atoms with E-state index in [0.717, 1.165) is 5.39 Å². The van der Waals surface area contributed by atoms with Crippen LogP contribution < -0.4 is 5.32 Å². The minimum absolute atomic E-state index is 0.0882. The van der Waals surface area contributed by atoms with Crippen molar-refractivity contribution in [3.63, 3.8) is 0 Å². The number of fused-ring (bicyclic) bond motifs is 1. The molecule has 3 aromatic heterocycles. The second-order valence-electron chi connectivity index (χ2n) is 5.26. The standard InChI is InChI=1S/C17H19N7O3S/c1-3-26-9-19-12-8-13(25)16(20-10-27-4-2)21-15(12)22-23-17-11-6-5-7-18-14(11)24-28-17/h5-9,25H,3-4,10H2,1-2H3,(H,20,21). The number of nitrogens with zero attached hydrogens (tertiary/aromatic N) is 6. The number of aromatic nitrogens is 3. The molecule has 0 amide bonds. The Labute approximate surface area is 165 Å². The minimum atomic E-state index is -0.0882. The van der Waals surface area contributed by atoms with Gasteiger partial charge in [-0.2, -0.15) is 4.37 Å². The molecule has 146 valence electrons. The summed E-state index contributed by atoms with van der Waals surface area (Å²) < 4.78 is 14.6. The summed E-state index contributed by atoms with van der Waals surface area (Å²) in [4.78, 5) is 12.6. The van der Waals surface area contributed by atoms with E-state index < -0.39 is 0 Å². The van der Waals surface area contributed by atoms with E-state index in [2.05, 4.69) is 34.9 Å². The van der Waals surface area contributed by atoms with Crippen molar-refractivity contribution in [3.8, 4) is 5.75 Å². The van der Waals surface area contributed by atoms with Gasteiger partial charge in [0.15, 0.2) is 28.6 Å². The first kappa shape index (κ1) is 19.6. The lowest BCUT2D eigenvalue weighted by molar-refractivity contribution is 0.166. The van der Waals surface area contributed by atoms with Gasteiger partial charge in [-0.05, 0) is 37.5 Å². The fourth-order valence-electron chi connectivity index (χ4n) is 2.11. The van der Waals surface area contributed by atoms with Crippen LogP contribution in [0, 0.1) is 0 Å². The van der Waals surface area contributed by atoms with Crippen LogP contribution >= 0.6 is 11.5 Å². The van der Waals surface area contributed by atoms with Gasteiger partial charge < -0.3 is 19.9 Å². The van der Waals surface area contributed by atoms with Gasteiger partial charge >= 0.3 is 0 Å². The molecule has 11 heteroatoms. The van der Waals surface area contributed by atoms with Crippen molar-refractivity contribution in [1.29, 1.82) is 0 Å². The van der Waals surface area contributed by atoms with Crippen molar-refractivity contribution >= 4 is 51.3 Å². The van der Waals surface area contributed by atoms with E-state index in [4.69, 9.17) is 9.47 Å². The highest BCUT2D eigenvalue weighted by molar-refractivity contribution is 7.11. The third-order valence-corrected chi connectivity index (χ3v) is 4.15. The molecular weight excluding hydrogens is 382 g/mol. The summed E-state index contributed by atoms with van der Waals surface area (Å²) in [6, 6.07) is 5.10. The zero-order valence-corrected chi connectivity index (χ0v) is 16.2. The van der Waals surface area contributed by atoms with Crippen molar-refractivity contribution in [3.05, 3.63) is 24.4 Å². The third-order valence-electron chi connectivity index (χ3n) is 3.41. The van der Waals surface area contributed by atoms with Crippen LogP contribution in [0.5, 0.6) is 5.75 Å². The number of aromatic hydroxyl groups is 1. The molecular formula is C17H19N7O3S. The zero-order valence-electron chi connectivity index (χ0n) is 15.4. The lowest BCUT2D eigenvalue weighted by Crippen LogP contribution is -2.07. The molecule has 10 nitrogen and oxygen atoms in total. The molecule has 0 radical (unpaired) electrons. The van der Waals surface area contributed by atoms with E-state index in [1.807, 2.05) is 26.0 Å². The van der Waals surface area contributed by atoms with Crippen LogP contribution in [-0.4, -0.2) is 45.8 Å². The van der Waals surface area contributed by atoms with Crippen molar-refractivity contribution in [1.82, 2.24) is 14.3 Å². The molecule has 0 aliphatic carbocycles. The monoisotopic (exact) mass is 401 g/mol. The molecule has 3 aromatic rings. The van der Waals surface area contributed by atoms with E-state index in [1.165, 1.54) is 24.0 Å². The Bertz CT molecular complexity index is 990. The Morgan fingerprint density at radius 1 is 1.29 bits per heavy atom. The molecule has 0 aromatic carbocycles. The van der Waals surface area contributed by atoms with Gasteiger partial charge in [0, 0.05) is 18.9 Å². The van der Waals surface area contributed by atoms with Gasteiger partial charge in [-0.1, -0.05) is 0 Å². The summed E-state index contributed by atoms with van der Waals surface area (Å²) >= 11 is 1.18. The highest BCUT2D eigenvalue weighted by Gasteiger charge is 2.12. The molecule has 0 bridgehead atoms. The Kier molecular flexibility index (Phi) is 6.76. The summed E-state index contributed by atoms with van der Waals surface area (Å²) in [5.74, 6) is 0.335. The zero-order chi connectivity index (χ0) is 19.8. The van der Waals surface area contributed by atoms with E-state index >= 15 is 0 Å². The maximum absolute atomic E-state index is 10.2. The van der Waals surface area contributed by atoms with Gasteiger partial charge in [-0.3, -0.25) is 0 Å². The van der Waals surface area contributed by atoms with Crippen LogP contribution in [0.15, 0.2) is 39.6 Å². The molecule has 0 fully saturated rings. The van der Waals surface area contributed by atoms with Crippen molar-refractivity contribution in [2.24, 2.45) is 15.2 Å². The summed E-state index contributed by atoms with van der Waals surface area (Å²) in [5.41, 5.74) is 0.914. The number of hydrogen-bond acceptors (Lipinski definition) is 11. The van der Waals surface area contributed by atoms with E-state index in [1.54, 1.807) is 6.20 Å².